The van der Waals surface area contributed by atoms with Crippen LogP contribution in [0.25, 0.3) is 20.4 Å². The molecule has 1 amide bonds. The van der Waals surface area contributed by atoms with Crippen LogP contribution in [0.3, 0.4) is 0 Å². The normalized spacial score (nSPS) is 15.0. The van der Waals surface area contributed by atoms with Crippen molar-refractivity contribution in [3.8, 4) is 0 Å². The largest absolute Gasteiger partial charge is 0.370 e. The third kappa shape index (κ3) is 4.28. The lowest BCUT2D eigenvalue weighted by atomic mass is 9.95. The number of hydrogen-bond donors (Lipinski definition) is 1. The van der Waals surface area contributed by atoms with Crippen LogP contribution in [0, 0.1) is 6.92 Å². The third-order valence-electron chi connectivity index (χ3n) is 6.02. The van der Waals surface area contributed by atoms with Crippen LogP contribution in [0.5, 0.6) is 0 Å². The highest BCUT2D eigenvalue weighted by Crippen LogP contribution is 2.34. The van der Waals surface area contributed by atoms with E-state index in [1.807, 2.05) is 30.3 Å². The molecule has 33 heavy (non-hydrogen) atoms. The van der Waals surface area contributed by atoms with Crippen LogP contribution in [0.2, 0.25) is 0 Å². The molecule has 0 aliphatic carbocycles. The van der Waals surface area contributed by atoms with Gasteiger partial charge in [0.15, 0.2) is 0 Å². The van der Waals surface area contributed by atoms with Crippen molar-refractivity contribution < 1.29 is 9.53 Å². The first-order chi connectivity index (χ1) is 15.8. The number of fused-ring (bicyclic) bond motifs is 4. The van der Waals surface area contributed by atoms with E-state index in [2.05, 4.69) is 25.2 Å². The smallest absolute Gasteiger partial charge is 0.272 e. The SMILES string of the molecule is Cc1nc2c(sc3nc4c(cc32)COC(C)(C)C4)c(=O)n1CC(=O)NCCc1ccccc1. The van der Waals surface area contributed by atoms with Crippen LogP contribution in [0.4, 0.5) is 0 Å². The fraction of sp³-hybridized carbons (Fsp3) is 0.360. The number of carbonyl (C=O) groups excluding carboxylic acids is 1. The van der Waals surface area contributed by atoms with Gasteiger partial charge in [0.05, 0.1) is 23.4 Å². The Morgan fingerprint density at radius 1 is 1.24 bits per heavy atom. The van der Waals surface area contributed by atoms with E-state index in [9.17, 15) is 9.59 Å². The van der Waals surface area contributed by atoms with Crippen LogP contribution in [-0.4, -0.2) is 32.6 Å². The van der Waals surface area contributed by atoms with E-state index >= 15 is 0 Å². The van der Waals surface area contributed by atoms with Crippen LogP contribution in [0.15, 0.2) is 41.2 Å². The number of ether oxygens (including phenoxy) is 1. The average molecular weight is 463 g/mol. The van der Waals surface area contributed by atoms with Crippen molar-refractivity contribution in [3.63, 3.8) is 0 Å². The predicted molar refractivity (Wildman–Crippen MR) is 130 cm³/mol. The number of benzene rings is 1. The zero-order valence-corrected chi connectivity index (χ0v) is 19.8. The van der Waals surface area contributed by atoms with Gasteiger partial charge in [0, 0.05) is 23.9 Å². The minimum absolute atomic E-state index is 0.0530. The molecule has 8 heteroatoms. The van der Waals surface area contributed by atoms with Crippen molar-refractivity contribution in [2.75, 3.05) is 6.54 Å². The van der Waals surface area contributed by atoms with Crippen molar-refractivity contribution in [3.05, 3.63) is 69.4 Å². The van der Waals surface area contributed by atoms with E-state index in [1.54, 1.807) is 6.92 Å². The maximum atomic E-state index is 13.3. The van der Waals surface area contributed by atoms with Gasteiger partial charge in [-0.25, -0.2) is 9.97 Å². The Hall–Kier alpha value is -3.10. The van der Waals surface area contributed by atoms with Gasteiger partial charge in [-0.05, 0) is 38.8 Å². The molecule has 0 atom stereocenters. The van der Waals surface area contributed by atoms with E-state index in [-0.39, 0.29) is 23.6 Å². The Labute approximate surface area is 195 Å². The minimum atomic E-state index is -0.250. The molecule has 3 aromatic heterocycles. The number of nitrogens with zero attached hydrogens (tertiary/aromatic N) is 3. The van der Waals surface area contributed by atoms with Gasteiger partial charge in [-0.1, -0.05) is 30.3 Å². The molecule has 0 fully saturated rings. The Morgan fingerprint density at radius 2 is 2.03 bits per heavy atom. The molecular weight excluding hydrogens is 436 g/mol. The van der Waals surface area contributed by atoms with Crippen LogP contribution < -0.4 is 10.9 Å². The van der Waals surface area contributed by atoms with Gasteiger partial charge in [-0.15, -0.1) is 11.3 Å². The van der Waals surface area contributed by atoms with Gasteiger partial charge < -0.3 is 10.1 Å². The second-order valence-corrected chi connectivity index (χ2v) is 10.1. The Balaban J connectivity index is 1.41. The third-order valence-corrected chi connectivity index (χ3v) is 7.10. The summed E-state index contributed by atoms with van der Waals surface area (Å²) in [5.41, 5.74) is 3.41. The van der Waals surface area contributed by atoms with E-state index < -0.39 is 0 Å². The number of amides is 1. The second kappa shape index (κ2) is 8.35. The van der Waals surface area contributed by atoms with Gasteiger partial charge in [-0.3, -0.25) is 14.2 Å². The van der Waals surface area contributed by atoms with Gasteiger partial charge in [0.25, 0.3) is 5.56 Å². The molecule has 0 saturated carbocycles. The summed E-state index contributed by atoms with van der Waals surface area (Å²) in [6, 6.07) is 12.0. The first kappa shape index (κ1) is 21.7. The molecule has 7 nitrogen and oxygen atoms in total. The summed E-state index contributed by atoms with van der Waals surface area (Å²) in [6.07, 6.45) is 1.47. The molecule has 1 N–H and O–H groups in total. The maximum absolute atomic E-state index is 13.3. The first-order valence-corrected chi connectivity index (χ1v) is 11.9. The van der Waals surface area contributed by atoms with Gasteiger partial charge in [-0.2, -0.15) is 0 Å². The molecule has 4 aromatic rings. The molecule has 0 radical (unpaired) electrons. The molecule has 170 valence electrons. The second-order valence-electron chi connectivity index (χ2n) is 9.09. The highest BCUT2D eigenvalue weighted by Gasteiger charge is 2.28. The Morgan fingerprint density at radius 3 is 2.82 bits per heavy atom. The van der Waals surface area contributed by atoms with Crippen molar-refractivity contribution >= 4 is 37.7 Å². The standard InChI is InChI=1S/C25H26N4O3S/c1-15-27-21-18-11-17-14-32-25(2,3)12-19(17)28-23(18)33-22(21)24(31)29(15)13-20(30)26-10-9-16-7-5-4-6-8-16/h4-8,11H,9-10,12-14H2,1-3H3,(H,26,30). The van der Waals surface area contributed by atoms with E-state index in [4.69, 9.17) is 14.7 Å². The quantitative estimate of drug-likeness (QED) is 0.490. The van der Waals surface area contributed by atoms with Crippen LogP contribution in [-0.2, 0) is 35.5 Å². The van der Waals surface area contributed by atoms with E-state index in [0.29, 0.717) is 29.2 Å². The molecule has 1 aliphatic rings. The lowest BCUT2D eigenvalue weighted by Gasteiger charge is -2.30. The fourth-order valence-electron chi connectivity index (χ4n) is 4.22. The minimum Gasteiger partial charge on any atom is -0.370 e. The summed E-state index contributed by atoms with van der Waals surface area (Å²) < 4.78 is 7.91. The predicted octanol–water partition coefficient (Wildman–Crippen LogP) is 3.52. The highest BCUT2D eigenvalue weighted by atomic mass is 32.1. The average Bonchev–Trinajstić information content (AvgIpc) is 3.12. The number of thiophene rings is 1. The van der Waals surface area contributed by atoms with E-state index in [0.717, 1.165) is 39.9 Å². The van der Waals surface area contributed by atoms with Gasteiger partial charge >= 0.3 is 0 Å². The Bertz CT molecular complexity index is 1420. The first-order valence-electron chi connectivity index (χ1n) is 11.1. The van der Waals surface area contributed by atoms with E-state index in [1.165, 1.54) is 15.9 Å². The summed E-state index contributed by atoms with van der Waals surface area (Å²) in [5.74, 6) is 0.312. The maximum Gasteiger partial charge on any atom is 0.272 e. The number of hydrogen-bond acceptors (Lipinski definition) is 6. The van der Waals surface area contributed by atoms with Gasteiger partial charge in [0.1, 0.15) is 21.9 Å². The number of nitrogens with one attached hydrogen (secondary N) is 1. The van der Waals surface area contributed by atoms with Crippen molar-refractivity contribution in [1.29, 1.82) is 0 Å². The zero-order valence-electron chi connectivity index (χ0n) is 19.0. The van der Waals surface area contributed by atoms with Crippen molar-refractivity contribution in [2.24, 2.45) is 0 Å². The number of pyridine rings is 1. The molecular formula is C25H26N4O3S. The fourth-order valence-corrected chi connectivity index (χ4v) is 5.28. The molecule has 5 rings (SSSR count). The molecule has 1 aliphatic heterocycles. The van der Waals surface area contributed by atoms with Crippen LogP contribution >= 0.6 is 11.3 Å². The summed E-state index contributed by atoms with van der Waals surface area (Å²) in [5, 5.41) is 3.78. The number of rotatable bonds is 5. The molecule has 0 saturated heterocycles. The molecule has 0 bridgehead atoms. The number of carbonyl (C=O) groups is 1. The summed E-state index contributed by atoms with van der Waals surface area (Å²) in [7, 11) is 0. The molecule has 1 aromatic carbocycles. The lowest BCUT2D eigenvalue weighted by Crippen LogP contribution is -2.34. The van der Waals surface area contributed by atoms with Crippen LogP contribution in [0.1, 0.15) is 36.5 Å². The summed E-state index contributed by atoms with van der Waals surface area (Å²) >= 11 is 1.35. The van der Waals surface area contributed by atoms with Crippen molar-refractivity contribution in [2.45, 2.75) is 52.4 Å². The molecule has 4 heterocycles. The Kier molecular flexibility index (Phi) is 5.50. The molecule has 0 unspecified atom stereocenters. The van der Waals surface area contributed by atoms with Crippen molar-refractivity contribution in [1.82, 2.24) is 19.9 Å². The highest BCUT2D eigenvalue weighted by molar-refractivity contribution is 7.25. The topological polar surface area (TPSA) is 86.1 Å². The monoisotopic (exact) mass is 462 g/mol. The summed E-state index contributed by atoms with van der Waals surface area (Å²) in [4.78, 5) is 36.2. The van der Waals surface area contributed by atoms with Gasteiger partial charge in [0.2, 0.25) is 5.91 Å². The zero-order chi connectivity index (χ0) is 23.2. The number of aromatic nitrogens is 3. The lowest BCUT2D eigenvalue weighted by molar-refractivity contribution is -0.121. The summed E-state index contributed by atoms with van der Waals surface area (Å²) in [6.45, 7) is 6.84. The number of aryl methyl sites for hydroxylation is 1. The molecule has 0 spiro atoms.